The van der Waals surface area contributed by atoms with Gasteiger partial charge in [-0.1, -0.05) is 6.07 Å². The third-order valence-electron chi connectivity index (χ3n) is 1.62. The molecule has 1 aromatic carbocycles. The van der Waals surface area contributed by atoms with Crippen LogP contribution in [0.2, 0.25) is 0 Å². The van der Waals surface area contributed by atoms with E-state index in [4.69, 9.17) is 15.9 Å². The third-order valence-corrected chi connectivity index (χ3v) is 1.62. The minimum Gasteiger partial charge on any atom is -0.478 e. The maximum absolute atomic E-state index is 10.9. The van der Waals surface area contributed by atoms with Gasteiger partial charge in [-0.05, 0) is 17.3 Å². The Morgan fingerprint density at radius 3 is 2.25 bits per heavy atom. The van der Waals surface area contributed by atoms with Crippen molar-refractivity contribution in [3.05, 3.63) is 34.2 Å². The summed E-state index contributed by atoms with van der Waals surface area (Å²) in [6.07, 6.45) is 0. The second-order valence-electron chi connectivity index (χ2n) is 2.46. The number of aliphatic hydroxyl groups excluding tert-OH is 1. The number of carboxylic acids is 1. The fourth-order valence-electron chi connectivity index (χ4n) is 1.05. The SMILES string of the molecule is CO.NC(=O)c1c(N=O)cccc1C(=O)O. The van der Waals surface area contributed by atoms with Crippen LogP contribution in [0, 0.1) is 4.91 Å². The van der Waals surface area contributed by atoms with Crippen LogP contribution in [-0.2, 0) is 0 Å². The predicted octanol–water partition coefficient (Wildman–Crippen LogP) is 0.490. The summed E-state index contributed by atoms with van der Waals surface area (Å²) in [6.45, 7) is 0. The topological polar surface area (TPSA) is 130 Å². The first-order valence-electron chi connectivity index (χ1n) is 4.02. The van der Waals surface area contributed by atoms with Gasteiger partial charge in [-0.25, -0.2) is 4.79 Å². The van der Waals surface area contributed by atoms with Gasteiger partial charge in [-0.3, -0.25) is 4.79 Å². The molecule has 0 aromatic heterocycles. The number of carbonyl (C=O) groups excluding carboxylic acids is 1. The Balaban J connectivity index is 0.00000106. The van der Waals surface area contributed by atoms with Crippen molar-refractivity contribution in [3.8, 4) is 0 Å². The second-order valence-corrected chi connectivity index (χ2v) is 2.46. The Bertz CT molecular complexity index is 416. The highest BCUT2D eigenvalue weighted by atomic mass is 16.4. The molecular formula is C9H10N2O5. The van der Waals surface area contributed by atoms with Crippen LogP contribution in [-0.4, -0.2) is 29.2 Å². The van der Waals surface area contributed by atoms with Crippen LogP contribution < -0.4 is 5.73 Å². The molecule has 0 fully saturated rings. The van der Waals surface area contributed by atoms with Gasteiger partial charge in [0.1, 0.15) is 5.69 Å². The highest BCUT2D eigenvalue weighted by Gasteiger charge is 2.18. The first kappa shape index (κ1) is 13.7. The van der Waals surface area contributed by atoms with E-state index >= 15 is 0 Å². The van der Waals surface area contributed by atoms with E-state index in [-0.39, 0.29) is 16.8 Å². The summed E-state index contributed by atoms with van der Waals surface area (Å²) in [5.74, 6) is -2.32. The minimum atomic E-state index is -1.33. The van der Waals surface area contributed by atoms with Gasteiger partial charge in [0, 0.05) is 7.11 Å². The smallest absolute Gasteiger partial charge is 0.336 e. The van der Waals surface area contributed by atoms with Crippen LogP contribution in [0.5, 0.6) is 0 Å². The molecular weight excluding hydrogens is 216 g/mol. The van der Waals surface area contributed by atoms with Crippen LogP contribution >= 0.6 is 0 Å². The number of aromatic carboxylic acids is 1. The molecule has 1 amide bonds. The van der Waals surface area contributed by atoms with Gasteiger partial charge in [-0.15, -0.1) is 4.91 Å². The molecule has 0 bridgehead atoms. The highest BCUT2D eigenvalue weighted by molar-refractivity contribution is 6.07. The summed E-state index contributed by atoms with van der Waals surface area (Å²) < 4.78 is 0. The molecule has 0 spiro atoms. The second kappa shape index (κ2) is 6.25. The molecule has 4 N–H and O–H groups in total. The molecule has 0 radical (unpaired) electrons. The molecule has 7 nitrogen and oxygen atoms in total. The summed E-state index contributed by atoms with van der Waals surface area (Å²) in [5, 5.41) is 18.2. The molecule has 0 aliphatic heterocycles. The fourth-order valence-corrected chi connectivity index (χ4v) is 1.05. The number of amides is 1. The summed E-state index contributed by atoms with van der Waals surface area (Å²) >= 11 is 0. The molecule has 0 heterocycles. The highest BCUT2D eigenvalue weighted by Crippen LogP contribution is 2.22. The van der Waals surface area contributed by atoms with Gasteiger partial charge in [0.05, 0.1) is 11.1 Å². The van der Waals surface area contributed by atoms with Gasteiger partial charge >= 0.3 is 5.97 Å². The lowest BCUT2D eigenvalue weighted by atomic mass is 10.1. The summed E-state index contributed by atoms with van der Waals surface area (Å²) in [4.78, 5) is 31.8. The van der Waals surface area contributed by atoms with Crippen molar-refractivity contribution >= 4 is 17.6 Å². The predicted molar refractivity (Wildman–Crippen MR) is 55.5 cm³/mol. The van der Waals surface area contributed by atoms with Gasteiger partial charge in [0.2, 0.25) is 0 Å². The molecule has 0 aliphatic rings. The molecule has 86 valence electrons. The first-order valence-corrected chi connectivity index (χ1v) is 4.02. The zero-order chi connectivity index (χ0) is 12.7. The quantitative estimate of drug-likeness (QED) is 0.645. The average Bonchev–Trinajstić information content (AvgIpc) is 2.30. The molecule has 0 saturated carbocycles. The molecule has 7 heteroatoms. The van der Waals surface area contributed by atoms with Crippen molar-refractivity contribution in [3.63, 3.8) is 0 Å². The number of hydrogen-bond donors (Lipinski definition) is 3. The number of primary amides is 1. The maximum Gasteiger partial charge on any atom is 0.336 e. The van der Waals surface area contributed by atoms with Crippen molar-refractivity contribution in [1.29, 1.82) is 0 Å². The van der Waals surface area contributed by atoms with Crippen LogP contribution in [0.1, 0.15) is 20.7 Å². The van der Waals surface area contributed by atoms with Crippen molar-refractivity contribution in [2.45, 2.75) is 0 Å². The lowest BCUT2D eigenvalue weighted by Crippen LogP contribution is -2.16. The Hall–Kier alpha value is -2.28. The lowest BCUT2D eigenvalue weighted by molar-refractivity contribution is 0.0692. The van der Waals surface area contributed by atoms with Crippen molar-refractivity contribution in [1.82, 2.24) is 0 Å². The number of nitrogens with zero attached hydrogens (tertiary/aromatic N) is 1. The van der Waals surface area contributed by atoms with E-state index in [1.165, 1.54) is 18.2 Å². The monoisotopic (exact) mass is 226 g/mol. The number of carbonyl (C=O) groups is 2. The Morgan fingerprint density at radius 1 is 1.31 bits per heavy atom. The zero-order valence-corrected chi connectivity index (χ0v) is 8.38. The Kier molecular flexibility index (Phi) is 5.36. The molecule has 0 atom stereocenters. The van der Waals surface area contributed by atoms with E-state index in [0.717, 1.165) is 7.11 Å². The van der Waals surface area contributed by atoms with Gasteiger partial charge in [0.25, 0.3) is 5.91 Å². The largest absolute Gasteiger partial charge is 0.478 e. The minimum absolute atomic E-state index is 0.266. The van der Waals surface area contributed by atoms with E-state index in [0.29, 0.717) is 0 Å². The number of aliphatic hydroxyl groups is 1. The van der Waals surface area contributed by atoms with E-state index in [1.54, 1.807) is 0 Å². The van der Waals surface area contributed by atoms with Crippen LogP contribution in [0.3, 0.4) is 0 Å². The third kappa shape index (κ3) is 2.85. The lowest BCUT2D eigenvalue weighted by Gasteiger charge is -2.02. The fraction of sp³-hybridized carbons (Fsp3) is 0.111. The van der Waals surface area contributed by atoms with E-state index < -0.39 is 11.9 Å². The molecule has 16 heavy (non-hydrogen) atoms. The van der Waals surface area contributed by atoms with Crippen molar-refractivity contribution in [2.75, 3.05) is 7.11 Å². The molecule has 0 unspecified atom stereocenters. The normalized spacial score (nSPS) is 8.62. The van der Waals surface area contributed by atoms with Gasteiger partial charge in [-0.2, -0.15) is 0 Å². The number of nitrogens with two attached hydrogens (primary N) is 1. The number of nitroso groups, excluding NO2 is 1. The van der Waals surface area contributed by atoms with Crippen LogP contribution in [0.25, 0.3) is 0 Å². The first-order chi connectivity index (χ1) is 7.57. The zero-order valence-electron chi connectivity index (χ0n) is 8.38. The van der Waals surface area contributed by atoms with Crippen molar-refractivity contribution < 1.29 is 19.8 Å². The molecule has 1 rings (SSSR count). The summed E-state index contributed by atoms with van der Waals surface area (Å²) in [7, 11) is 1.00. The Morgan fingerprint density at radius 2 is 1.88 bits per heavy atom. The van der Waals surface area contributed by atoms with Gasteiger partial charge in [0.15, 0.2) is 0 Å². The number of hydrogen-bond acceptors (Lipinski definition) is 5. The van der Waals surface area contributed by atoms with E-state index in [2.05, 4.69) is 5.18 Å². The molecule has 0 saturated heterocycles. The van der Waals surface area contributed by atoms with E-state index in [9.17, 15) is 14.5 Å². The van der Waals surface area contributed by atoms with Crippen LogP contribution in [0.15, 0.2) is 23.4 Å². The average molecular weight is 226 g/mol. The van der Waals surface area contributed by atoms with Crippen LogP contribution in [0.4, 0.5) is 5.69 Å². The number of carboxylic acid groups (broad SMARTS) is 1. The number of benzene rings is 1. The molecule has 0 aliphatic carbocycles. The van der Waals surface area contributed by atoms with Gasteiger partial charge < -0.3 is 15.9 Å². The molecule has 1 aromatic rings. The maximum atomic E-state index is 10.9. The number of rotatable bonds is 3. The van der Waals surface area contributed by atoms with E-state index in [1.807, 2.05) is 0 Å². The Labute approximate surface area is 90.5 Å². The van der Waals surface area contributed by atoms with Crippen molar-refractivity contribution in [2.24, 2.45) is 10.9 Å². The standard InChI is InChI=1S/C8H6N2O4.CH4O/c9-7(11)6-4(8(12)13)2-1-3-5(6)10-14;1-2/h1-3H,(H2,9,11)(H,12,13);2H,1H3. The summed E-state index contributed by atoms with van der Waals surface area (Å²) in [6, 6.07) is 3.71. The summed E-state index contributed by atoms with van der Waals surface area (Å²) in [5.41, 5.74) is 3.97.